The van der Waals surface area contributed by atoms with Gasteiger partial charge in [0.2, 0.25) is 0 Å². The highest BCUT2D eigenvalue weighted by Crippen LogP contribution is 2.18. The second kappa shape index (κ2) is 9.35. The number of hydrogen-bond acceptors (Lipinski definition) is 4. The number of amides is 2. The third kappa shape index (κ3) is 4.62. The van der Waals surface area contributed by atoms with Crippen molar-refractivity contribution in [2.24, 2.45) is 0 Å². The van der Waals surface area contributed by atoms with Gasteiger partial charge in [0.1, 0.15) is 0 Å². The number of rotatable bonds is 5. The molecular formula is C18H24ClN5O2. The summed E-state index contributed by atoms with van der Waals surface area (Å²) in [6.45, 7) is 4.28. The molecule has 1 aromatic carbocycles. The molecule has 1 unspecified atom stereocenters. The molecule has 26 heavy (non-hydrogen) atoms. The summed E-state index contributed by atoms with van der Waals surface area (Å²) >= 11 is 0. The van der Waals surface area contributed by atoms with E-state index in [4.69, 9.17) is 0 Å². The van der Waals surface area contributed by atoms with Crippen molar-refractivity contribution in [3.63, 3.8) is 0 Å². The van der Waals surface area contributed by atoms with Crippen molar-refractivity contribution in [1.82, 2.24) is 20.4 Å². The Hall–Kier alpha value is -2.38. The molecule has 1 aromatic heterocycles. The van der Waals surface area contributed by atoms with E-state index in [0.717, 1.165) is 25.9 Å². The van der Waals surface area contributed by atoms with Gasteiger partial charge in [0, 0.05) is 19.3 Å². The van der Waals surface area contributed by atoms with Crippen molar-refractivity contribution in [3.05, 3.63) is 47.8 Å². The molecule has 2 heterocycles. The molecule has 3 N–H and O–H groups in total. The molecule has 0 bridgehead atoms. The van der Waals surface area contributed by atoms with Gasteiger partial charge in [-0.05, 0) is 44.5 Å². The van der Waals surface area contributed by atoms with Crippen LogP contribution >= 0.6 is 12.4 Å². The fraction of sp³-hybridized carbons (Fsp3) is 0.389. The van der Waals surface area contributed by atoms with Crippen molar-refractivity contribution in [2.75, 3.05) is 25.0 Å². The predicted molar refractivity (Wildman–Crippen MR) is 103 cm³/mol. The highest BCUT2D eigenvalue weighted by molar-refractivity contribution is 6.08. The Balaban J connectivity index is 0.00000243. The van der Waals surface area contributed by atoms with Crippen molar-refractivity contribution in [1.29, 1.82) is 0 Å². The molecule has 1 fully saturated rings. The van der Waals surface area contributed by atoms with Crippen LogP contribution in [0.25, 0.3) is 0 Å². The number of hydrogen-bond donors (Lipinski definition) is 3. The molecule has 1 aliphatic heterocycles. The lowest BCUT2D eigenvalue weighted by molar-refractivity contribution is 0.0956. The van der Waals surface area contributed by atoms with Crippen molar-refractivity contribution in [3.8, 4) is 0 Å². The fourth-order valence-electron chi connectivity index (χ4n) is 2.95. The summed E-state index contributed by atoms with van der Waals surface area (Å²) in [5, 5.41) is 13.3. The minimum atomic E-state index is -0.320. The van der Waals surface area contributed by atoms with Crippen LogP contribution in [0.1, 0.15) is 46.7 Å². The van der Waals surface area contributed by atoms with E-state index in [1.807, 2.05) is 17.8 Å². The quantitative estimate of drug-likeness (QED) is 0.745. The number of benzene rings is 1. The average molecular weight is 378 g/mol. The number of carbonyl (C=O) groups excluding carboxylic acids is 2. The summed E-state index contributed by atoms with van der Waals surface area (Å²) in [7, 11) is 0. The summed E-state index contributed by atoms with van der Waals surface area (Å²) in [4.78, 5) is 24.6. The highest BCUT2D eigenvalue weighted by atomic mass is 35.5. The van der Waals surface area contributed by atoms with Gasteiger partial charge in [0.15, 0.2) is 5.69 Å². The van der Waals surface area contributed by atoms with Gasteiger partial charge in [-0.3, -0.25) is 14.3 Å². The summed E-state index contributed by atoms with van der Waals surface area (Å²) in [6, 6.07) is 8.93. The van der Waals surface area contributed by atoms with Crippen LogP contribution in [0.4, 0.5) is 5.69 Å². The van der Waals surface area contributed by atoms with Crippen LogP contribution in [0.3, 0.4) is 0 Å². The van der Waals surface area contributed by atoms with Gasteiger partial charge in [-0.2, -0.15) is 5.10 Å². The van der Waals surface area contributed by atoms with Gasteiger partial charge in [-0.25, -0.2) is 0 Å². The first-order chi connectivity index (χ1) is 12.2. The standard InChI is InChI=1S/C18H23N5O2.ClH/c1-2-20-17(24)14-7-3-4-8-15(14)21-18(25)16-9-11-23(22-16)13-6-5-10-19-12-13;/h3-4,7-9,11,13,19H,2,5-6,10,12H2,1H3,(H,20,24)(H,21,25);1H. The predicted octanol–water partition coefficient (Wildman–Crippen LogP) is 2.23. The molecule has 0 aliphatic carbocycles. The first-order valence-electron chi connectivity index (χ1n) is 8.63. The molecule has 7 nitrogen and oxygen atoms in total. The Bertz CT molecular complexity index is 756. The van der Waals surface area contributed by atoms with Crippen LogP contribution in [-0.2, 0) is 0 Å². The molecule has 140 valence electrons. The minimum Gasteiger partial charge on any atom is -0.352 e. The summed E-state index contributed by atoms with van der Waals surface area (Å²) in [5.41, 5.74) is 1.26. The second-order valence-electron chi connectivity index (χ2n) is 6.04. The normalized spacial score (nSPS) is 16.4. The van der Waals surface area contributed by atoms with Crippen molar-refractivity contribution >= 4 is 29.9 Å². The van der Waals surface area contributed by atoms with E-state index in [1.54, 1.807) is 30.3 Å². The van der Waals surface area contributed by atoms with Crippen LogP contribution in [0.15, 0.2) is 36.5 Å². The van der Waals surface area contributed by atoms with Crippen LogP contribution in [-0.4, -0.2) is 41.2 Å². The Morgan fingerprint density at radius 2 is 2.08 bits per heavy atom. The number of para-hydroxylation sites is 1. The van der Waals surface area contributed by atoms with Crippen LogP contribution in [0, 0.1) is 0 Å². The molecule has 1 aliphatic rings. The van der Waals surface area contributed by atoms with Gasteiger partial charge in [0.05, 0.1) is 17.3 Å². The number of nitrogens with zero attached hydrogens (tertiary/aromatic N) is 2. The average Bonchev–Trinajstić information content (AvgIpc) is 3.13. The lowest BCUT2D eigenvalue weighted by atomic mass is 10.1. The third-order valence-corrected chi connectivity index (χ3v) is 4.24. The molecule has 1 saturated heterocycles. The van der Waals surface area contributed by atoms with Crippen molar-refractivity contribution < 1.29 is 9.59 Å². The van der Waals surface area contributed by atoms with Crippen molar-refractivity contribution in [2.45, 2.75) is 25.8 Å². The lowest BCUT2D eigenvalue weighted by Crippen LogP contribution is -2.32. The first kappa shape index (κ1) is 19.9. The van der Waals surface area contributed by atoms with Gasteiger partial charge in [-0.1, -0.05) is 12.1 Å². The van der Waals surface area contributed by atoms with Crippen LogP contribution < -0.4 is 16.0 Å². The molecule has 3 rings (SSSR count). The summed E-state index contributed by atoms with van der Waals surface area (Å²) < 4.78 is 1.84. The number of nitrogens with one attached hydrogen (secondary N) is 3. The summed E-state index contributed by atoms with van der Waals surface area (Å²) in [5.74, 6) is -0.531. The lowest BCUT2D eigenvalue weighted by Gasteiger charge is -2.22. The van der Waals surface area contributed by atoms with E-state index in [9.17, 15) is 9.59 Å². The van der Waals surface area contributed by atoms with E-state index in [2.05, 4.69) is 21.0 Å². The van der Waals surface area contributed by atoms with Crippen LogP contribution in [0.5, 0.6) is 0 Å². The van der Waals surface area contributed by atoms with E-state index >= 15 is 0 Å². The third-order valence-electron chi connectivity index (χ3n) is 4.24. The molecule has 1 atom stereocenters. The number of aromatic nitrogens is 2. The zero-order valence-electron chi connectivity index (χ0n) is 14.7. The van der Waals surface area contributed by atoms with Gasteiger partial charge in [-0.15, -0.1) is 12.4 Å². The maximum Gasteiger partial charge on any atom is 0.276 e. The highest BCUT2D eigenvalue weighted by Gasteiger charge is 2.19. The minimum absolute atomic E-state index is 0. The smallest absolute Gasteiger partial charge is 0.276 e. The van der Waals surface area contributed by atoms with Gasteiger partial charge < -0.3 is 16.0 Å². The van der Waals surface area contributed by atoms with E-state index < -0.39 is 0 Å². The molecule has 0 spiro atoms. The fourth-order valence-corrected chi connectivity index (χ4v) is 2.95. The molecule has 2 amide bonds. The Labute approximate surface area is 159 Å². The molecule has 0 saturated carbocycles. The maximum atomic E-state index is 12.5. The summed E-state index contributed by atoms with van der Waals surface area (Å²) in [6.07, 6.45) is 3.99. The topological polar surface area (TPSA) is 88.0 Å². The SMILES string of the molecule is CCNC(=O)c1ccccc1NC(=O)c1ccn(C2CCCNC2)n1.Cl. The van der Waals surface area contributed by atoms with E-state index in [1.165, 1.54) is 0 Å². The molecule has 0 radical (unpaired) electrons. The largest absolute Gasteiger partial charge is 0.352 e. The number of piperidine rings is 1. The molecule has 8 heteroatoms. The number of anilines is 1. The second-order valence-corrected chi connectivity index (χ2v) is 6.04. The number of halogens is 1. The van der Waals surface area contributed by atoms with E-state index in [-0.39, 0.29) is 30.3 Å². The van der Waals surface area contributed by atoms with E-state index in [0.29, 0.717) is 23.5 Å². The number of carbonyl (C=O) groups is 2. The monoisotopic (exact) mass is 377 g/mol. The molecular weight excluding hydrogens is 354 g/mol. The zero-order valence-corrected chi connectivity index (χ0v) is 15.5. The maximum absolute atomic E-state index is 12.5. The van der Waals surface area contributed by atoms with Crippen LogP contribution in [0.2, 0.25) is 0 Å². The van der Waals surface area contributed by atoms with Gasteiger partial charge >= 0.3 is 0 Å². The Morgan fingerprint density at radius 1 is 1.27 bits per heavy atom. The Morgan fingerprint density at radius 3 is 2.81 bits per heavy atom. The zero-order chi connectivity index (χ0) is 17.6. The Kier molecular flexibility index (Phi) is 7.17. The molecule has 2 aromatic rings. The van der Waals surface area contributed by atoms with Gasteiger partial charge in [0.25, 0.3) is 11.8 Å². The first-order valence-corrected chi connectivity index (χ1v) is 8.63.